The molecular weight excluding hydrogens is 274 g/mol. The Morgan fingerprint density at radius 1 is 1.39 bits per heavy atom. The van der Waals surface area contributed by atoms with Gasteiger partial charge in [-0.3, -0.25) is 0 Å². The Bertz CT molecular complexity index is 627. The van der Waals surface area contributed by atoms with Gasteiger partial charge < -0.3 is 9.52 Å². The molecule has 0 aliphatic heterocycles. The van der Waals surface area contributed by atoms with Crippen LogP contribution in [0.25, 0.3) is 0 Å². The van der Waals surface area contributed by atoms with Gasteiger partial charge in [0.2, 0.25) is 5.09 Å². The summed E-state index contributed by atoms with van der Waals surface area (Å²) in [5, 5.41) is 12.5. The Kier molecular flexibility index (Phi) is 3.86. The van der Waals surface area contributed by atoms with E-state index in [4.69, 9.17) is 9.52 Å². The molecule has 0 aliphatic rings. The van der Waals surface area contributed by atoms with Crippen molar-refractivity contribution < 1.29 is 17.9 Å². The number of aliphatic hydroxyl groups is 1. The number of aryl methyl sites for hydroxylation is 1. The third-order valence-corrected chi connectivity index (χ3v) is 4.66. The molecule has 0 aromatic carbocycles. The van der Waals surface area contributed by atoms with Gasteiger partial charge in [-0.05, 0) is 40.9 Å². The van der Waals surface area contributed by atoms with Crippen molar-refractivity contribution in [1.82, 2.24) is 4.72 Å². The first kappa shape index (κ1) is 13.3. The number of aliphatic hydroxyl groups excluding tert-OH is 1. The first-order valence-electron chi connectivity index (χ1n) is 5.24. The number of sulfonamides is 1. The van der Waals surface area contributed by atoms with E-state index in [1.54, 1.807) is 0 Å². The SMILES string of the molecule is Cc1cscc1CNS(=O)(=O)c1ccc(CO)o1. The second kappa shape index (κ2) is 5.23. The van der Waals surface area contributed by atoms with E-state index in [0.717, 1.165) is 11.1 Å². The van der Waals surface area contributed by atoms with Gasteiger partial charge in [-0.2, -0.15) is 11.3 Å². The fraction of sp³-hybridized carbons (Fsp3) is 0.273. The zero-order chi connectivity index (χ0) is 13.2. The van der Waals surface area contributed by atoms with Gasteiger partial charge in [0, 0.05) is 6.54 Å². The summed E-state index contributed by atoms with van der Waals surface area (Å²) in [6, 6.07) is 2.76. The lowest BCUT2D eigenvalue weighted by Gasteiger charge is -2.03. The molecule has 5 nitrogen and oxygen atoms in total. The molecule has 0 saturated heterocycles. The molecule has 2 N–H and O–H groups in total. The van der Waals surface area contributed by atoms with Crippen LogP contribution >= 0.6 is 11.3 Å². The van der Waals surface area contributed by atoms with E-state index in [9.17, 15) is 8.42 Å². The molecule has 0 saturated carbocycles. The first-order valence-corrected chi connectivity index (χ1v) is 7.66. The van der Waals surface area contributed by atoms with Crippen LogP contribution in [0.15, 0.2) is 32.4 Å². The van der Waals surface area contributed by atoms with Gasteiger partial charge in [-0.1, -0.05) is 0 Å². The summed E-state index contributed by atoms with van der Waals surface area (Å²) < 4.78 is 31.2. The Labute approximate surface area is 109 Å². The molecule has 0 bridgehead atoms. The van der Waals surface area contributed by atoms with Crippen molar-refractivity contribution in [2.45, 2.75) is 25.2 Å². The molecule has 98 valence electrons. The maximum Gasteiger partial charge on any atom is 0.274 e. The van der Waals surface area contributed by atoms with Crippen molar-refractivity contribution in [3.05, 3.63) is 39.8 Å². The summed E-state index contributed by atoms with van der Waals surface area (Å²) in [5.41, 5.74) is 2.00. The van der Waals surface area contributed by atoms with E-state index in [2.05, 4.69) is 4.72 Å². The van der Waals surface area contributed by atoms with Crippen LogP contribution in [0, 0.1) is 6.92 Å². The summed E-state index contributed by atoms with van der Waals surface area (Å²) in [6.07, 6.45) is 0. The molecule has 2 aromatic rings. The molecule has 2 aromatic heterocycles. The maximum atomic E-state index is 11.9. The van der Waals surface area contributed by atoms with E-state index in [1.165, 1.54) is 23.5 Å². The number of hydrogen-bond acceptors (Lipinski definition) is 5. The Morgan fingerprint density at radius 3 is 2.72 bits per heavy atom. The molecule has 0 unspecified atom stereocenters. The molecule has 2 heterocycles. The minimum atomic E-state index is -3.67. The zero-order valence-electron chi connectivity index (χ0n) is 9.71. The monoisotopic (exact) mass is 287 g/mol. The molecule has 7 heteroatoms. The summed E-state index contributed by atoms with van der Waals surface area (Å²) >= 11 is 1.53. The Hall–Kier alpha value is -1.15. The van der Waals surface area contributed by atoms with Crippen LogP contribution in [-0.2, 0) is 23.2 Å². The second-order valence-electron chi connectivity index (χ2n) is 3.78. The van der Waals surface area contributed by atoms with E-state index >= 15 is 0 Å². The van der Waals surface area contributed by atoms with Gasteiger partial charge in [0.1, 0.15) is 12.4 Å². The fourth-order valence-corrected chi connectivity index (χ4v) is 3.21. The van der Waals surface area contributed by atoms with Gasteiger partial charge in [0.15, 0.2) is 0 Å². The summed E-state index contributed by atoms with van der Waals surface area (Å²) in [5.74, 6) is 0.224. The van der Waals surface area contributed by atoms with Crippen LogP contribution in [0.2, 0.25) is 0 Å². The van der Waals surface area contributed by atoms with Crippen molar-refractivity contribution in [2.75, 3.05) is 0 Å². The standard InChI is InChI=1S/C11H13NO4S2/c1-8-6-17-7-9(8)4-12-18(14,15)11-3-2-10(5-13)16-11/h2-3,6-7,12-13H,4-5H2,1H3. The van der Waals surface area contributed by atoms with Crippen LogP contribution < -0.4 is 4.72 Å². The lowest BCUT2D eigenvalue weighted by atomic mass is 10.2. The molecule has 0 spiro atoms. The van der Waals surface area contributed by atoms with Gasteiger partial charge in [0.05, 0.1) is 0 Å². The van der Waals surface area contributed by atoms with Crippen molar-refractivity contribution in [2.24, 2.45) is 0 Å². The third-order valence-electron chi connectivity index (χ3n) is 2.47. The van der Waals surface area contributed by atoms with Gasteiger partial charge in [-0.25, -0.2) is 13.1 Å². The Balaban J connectivity index is 2.10. The molecule has 2 rings (SSSR count). The maximum absolute atomic E-state index is 11.9. The molecule has 0 radical (unpaired) electrons. The summed E-state index contributed by atoms with van der Waals surface area (Å²) in [7, 11) is -3.67. The number of rotatable bonds is 5. The third kappa shape index (κ3) is 2.81. The van der Waals surface area contributed by atoms with E-state index in [-0.39, 0.29) is 24.0 Å². The highest BCUT2D eigenvalue weighted by atomic mass is 32.2. The number of nitrogens with one attached hydrogen (secondary N) is 1. The zero-order valence-corrected chi connectivity index (χ0v) is 11.3. The minimum absolute atomic E-state index is 0.181. The molecule has 0 fully saturated rings. The average molecular weight is 287 g/mol. The predicted molar refractivity (Wildman–Crippen MR) is 67.7 cm³/mol. The van der Waals surface area contributed by atoms with E-state index in [0.29, 0.717) is 0 Å². The van der Waals surface area contributed by atoms with Crippen molar-refractivity contribution >= 4 is 21.4 Å². The number of furan rings is 1. The van der Waals surface area contributed by atoms with Gasteiger partial charge >= 0.3 is 0 Å². The molecular formula is C11H13NO4S2. The minimum Gasteiger partial charge on any atom is -0.446 e. The van der Waals surface area contributed by atoms with Crippen LogP contribution in [0.3, 0.4) is 0 Å². The van der Waals surface area contributed by atoms with Crippen LogP contribution in [0.4, 0.5) is 0 Å². The number of thiophene rings is 1. The normalized spacial score (nSPS) is 11.9. The highest BCUT2D eigenvalue weighted by molar-refractivity contribution is 7.89. The highest BCUT2D eigenvalue weighted by Gasteiger charge is 2.18. The first-order chi connectivity index (χ1) is 8.53. The lowest BCUT2D eigenvalue weighted by Crippen LogP contribution is -2.22. The predicted octanol–water partition coefficient (Wildman–Crippen LogP) is 1.62. The molecule has 18 heavy (non-hydrogen) atoms. The fourth-order valence-electron chi connectivity index (χ4n) is 1.40. The topological polar surface area (TPSA) is 79.5 Å². The van der Waals surface area contributed by atoms with Crippen molar-refractivity contribution in [1.29, 1.82) is 0 Å². The van der Waals surface area contributed by atoms with Crippen LogP contribution in [0.5, 0.6) is 0 Å². The van der Waals surface area contributed by atoms with Crippen molar-refractivity contribution in [3.8, 4) is 0 Å². The summed E-state index contributed by atoms with van der Waals surface area (Å²) in [4.78, 5) is 0. The van der Waals surface area contributed by atoms with Gasteiger partial charge in [-0.15, -0.1) is 0 Å². The lowest BCUT2D eigenvalue weighted by molar-refractivity contribution is 0.236. The number of hydrogen-bond donors (Lipinski definition) is 2. The smallest absolute Gasteiger partial charge is 0.274 e. The summed E-state index contributed by atoms with van der Waals surface area (Å²) in [6.45, 7) is 1.84. The van der Waals surface area contributed by atoms with Gasteiger partial charge in [0.25, 0.3) is 10.0 Å². The highest BCUT2D eigenvalue weighted by Crippen LogP contribution is 2.16. The molecule has 0 aliphatic carbocycles. The molecule has 0 amide bonds. The Morgan fingerprint density at radius 2 is 2.17 bits per heavy atom. The quantitative estimate of drug-likeness (QED) is 0.876. The van der Waals surface area contributed by atoms with E-state index in [1.807, 2.05) is 17.7 Å². The largest absolute Gasteiger partial charge is 0.446 e. The van der Waals surface area contributed by atoms with Crippen LogP contribution in [0.1, 0.15) is 16.9 Å². The molecule has 0 atom stereocenters. The second-order valence-corrected chi connectivity index (χ2v) is 6.22. The van der Waals surface area contributed by atoms with Crippen LogP contribution in [-0.4, -0.2) is 13.5 Å². The van der Waals surface area contributed by atoms with Crippen molar-refractivity contribution in [3.63, 3.8) is 0 Å². The van der Waals surface area contributed by atoms with E-state index < -0.39 is 10.0 Å². The average Bonchev–Trinajstić information content (AvgIpc) is 2.95.